The van der Waals surface area contributed by atoms with E-state index in [1.54, 1.807) is 0 Å². The topological polar surface area (TPSA) is 31.0 Å². The number of hydrogen-bond acceptors (Lipinski definition) is 3. The van der Waals surface area contributed by atoms with Crippen molar-refractivity contribution < 1.29 is 14.2 Å². The molecule has 0 aromatic rings. The fourth-order valence-electron chi connectivity index (χ4n) is 1.63. The van der Waals surface area contributed by atoms with Crippen molar-refractivity contribution in [2.45, 2.75) is 31.0 Å². The molecule has 2 bridgehead atoms. The highest BCUT2D eigenvalue weighted by atomic mass is 16.8. The lowest BCUT2D eigenvalue weighted by Crippen LogP contribution is -2.26. The van der Waals surface area contributed by atoms with Crippen LogP contribution in [0.3, 0.4) is 0 Å². The summed E-state index contributed by atoms with van der Waals surface area (Å²) < 4.78 is 16.0. The van der Waals surface area contributed by atoms with E-state index in [4.69, 9.17) is 14.2 Å². The van der Waals surface area contributed by atoms with Crippen LogP contribution >= 0.6 is 0 Å². The number of fused-ring (bicyclic) bond motifs is 4. The van der Waals surface area contributed by atoms with Gasteiger partial charge < -0.3 is 14.2 Å². The smallest absolute Gasteiger partial charge is 0.160 e. The van der Waals surface area contributed by atoms with Crippen molar-refractivity contribution >= 4 is 0 Å². The molecule has 3 saturated heterocycles. The highest BCUT2D eigenvalue weighted by Crippen LogP contribution is 2.40. The highest BCUT2D eigenvalue weighted by molar-refractivity contribution is 4.98. The lowest BCUT2D eigenvalue weighted by molar-refractivity contribution is -0.0725. The van der Waals surface area contributed by atoms with Gasteiger partial charge in [0.1, 0.15) is 12.2 Å². The standard InChI is InChI=1S/C6H8O3/c1-3-6(9-3)4-2-7-5(1)8-4/h3-6H,1-2H2. The van der Waals surface area contributed by atoms with Gasteiger partial charge >= 0.3 is 0 Å². The van der Waals surface area contributed by atoms with Crippen LogP contribution in [0.25, 0.3) is 0 Å². The molecule has 0 spiro atoms. The van der Waals surface area contributed by atoms with Gasteiger partial charge in [0, 0.05) is 6.42 Å². The van der Waals surface area contributed by atoms with Crippen LogP contribution < -0.4 is 0 Å². The summed E-state index contributed by atoms with van der Waals surface area (Å²) in [6, 6.07) is 0. The Morgan fingerprint density at radius 3 is 3.11 bits per heavy atom. The first-order valence-electron chi connectivity index (χ1n) is 3.36. The number of epoxide rings is 1. The van der Waals surface area contributed by atoms with Crippen LogP contribution in [0.1, 0.15) is 6.42 Å². The molecule has 0 aromatic heterocycles. The predicted octanol–water partition coefficient (Wildman–Crippen LogP) is -0.101. The number of rotatable bonds is 0. The SMILES string of the molecule is C1OC2CC3OC3C1O2. The van der Waals surface area contributed by atoms with Gasteiger partial charge in [0.2, 0.25) is 0 Å². The Hall–Kier alpha value is -0.120. The summed E-state index contributed by atoms with van der Waals surface area (Å²) >= 11 is 0. The minimum atomic E-state index is 0.0544. The minimum Gasteiger partial charge on any atom is -0.366 e. The normalized spacial score (nSPS) is 61.3. The number of hydrogen-bond donors (Lipinski definition) is 0. The molecule has 0 saturated carbocycles. The second kappa shape index (κ2) is 1.31. The molecule has 3 rings (SSSR count). The molecule has 3 nitrogen and oxygen atoms in total. The van der Waals surface area contributed by atoms with Gasteiger partial charge in [-0.2, -0.15) is 0 Å². The van der Waals surface area contributed by atoms with Crippen LogP contribution in [0, 0.1) is 0 Å². The maximum absolute atomic E-state index is 5.40. The maximum atomic E-state index is 5.40. The van der Waals surface area contributed by atoms with E-state index >= 15 is 0 Å². The Morgan fingerprint density at radius 1 is 1.11 bits per heavy atom. The van der Waals surface area contributed by atoms with Crippen molar-refractivity contribution in [3.8, 4) is 0 Å². The molecule has 0 amide bonds. The lowest BCUT2D eigenvalue weighted by atomic mass is 10.1. The van der Waals surface area contributed by atoms with Gasteiger partial charge in [0.25, 0.3) is 0 Å². The Bertz CT molecular complexity index is 145. The molecule has 0 aromatic carbocycles. The summed E-state index contributed by atoms with van der Waals surface area (Å²) in [7, 11) is 0. The molecule has 0 aliphatic carbocycles. The van der Waals surface area contributed by atoms with Gasteiger partial charge in [0.05, 0.1) is 12.7 Å². The predicted molar refractivity (Wildman–Crippen MR) is 27.9 cm³/mol. The van der Waals surface area contributed by atoms with Crippen molar-refractivity contribution in [2.75, 3.05) is 6.61 Å². The van der Waals surface area contributed by atoms with Crippen LogP contribution in [-0.4, -0.2) is 31.2 Å². The van der Waals surface area contributed by atoms with Gasteiger partial charge in [0.15, 0.2) is 6.29 Å². The Labute approximate surface area is 52.9 Å². The minimum absolute atomic E-state index is 0.0544. The van der Waals surface area contributed by atoms with E-state index in [2.05, 4.69) is 0 Å². The van der Waals surface area contributed by atoms with E-state index in [-0.39, 0.29) is 12.4 Å². The fraction of sp³-hybridized carbons (Fsp3) is 1.00. The molecular weight excluding hydrogens is 120 g/mol. The zero-order chi connectivity index (χ0) is 5.84. The van der Waals surface area contributed by atoms with Crippen LogP contribution in [-0.2, 0) is 14.2 Å². The fourth-order valence-corrected chi connectivity index (χ4v) is 1.63. The second-order valence-corrected chi connectivity index (χ2v) is 2.81. The summed E-state index contributed by atoms with van der Waals surface area (Å²) in [4.78, 5) is 0. The second-order valence-electron chi connectivity index (χ2n) is 2.81. The van der Waals surface area contributed by atoms with Crippen molar-refractivity contribution in [1.82, 2.24) is 0 Å². The van der Waals surface area contributed by atoms with Gasteiger partial charge in [-0.15, -0.1) is 0 Å². The summed E-state index contributed by atoms with van der Waals surface area (Å²) in [6.45, 7) is 0.742. The Balaban J connectivity index is 1.90. The molecule has 3 heteroatoms. The Morgan fingerprint density at radius 2 is 2.11 bits per heavy atom. The van der Waals surface area contributed by atoms with Crippen molar-refractivity contribution in [3.63, 3.8) is 0 Å². The third kappa shape index (κ3) is 0.520. The van der Waals surface area contributed by atoms with E-state index in [0.717, 1.165) is 13.0 Å². The van der Waals surface area contributed by atoms with Crippen molar-refractivity contribution in [1.29, 1.82) is 0 Å². The molecule has 3 heterocycles. The first-order chi connectivity index (χ1) is 4.43. The molecule has 3 aliphatic rings. The van der Waals surface area contributed by atoms with Crippen LogP contribution in [0.2, 0.25) is 0 Å². The monoisotopic (exact) mass is 128 g/mol. The highest BCUT2D eigenvalue weighted by Gasteiger charge is 2.55. The summed E-state index contributed by atoms with van der Waals surface area (Å²) in [5.41, 5.74) is 0. The van der Waals surface area contributed by atoms with E-state index in [1.165, 1.54) is 0 Å². The van der Waals surface area contributed by atoms with E-state index < -0.39 is 0 Å². The van der Waals surface area contributed by atoms with Crippen LogP contribution in [0.4, 0.5) is 0 Å². The van der Waals surface area contributed by atoms with Gasteiger partial charge in [-0.3, -0.25) is 0 Å². The largest absolute Gasteiger partial charge is 0.366 e. The average Bonchev–Trinajstić information content (AvgIpc) is 2.50. The van der Waals surface area contributed by atoms with Crippen molar-refractivity contribution in [3.05, 3.63) is 0 Å². The van der Waals surface area contributed by atoms with Crippen molar-refractivity contribution in [2.24, 2.45) is 0 Å². The average molecular weight is 128 g/mol. The first-order valence-corrected chi connectivity index (χ1v) is 3.36. The molecule has 3 aliphatic heterocycles. The molecule has 0 radical (unpaired) electrons. The van der Waals surface area contributed by atoms with Gasteiger partial charge in [-0.1, -0.05) is 0 Å². The molecular formula is C6H8O3. The molecule has 9 heavy (non-hydrogen) atoms. The van der Waals surface area contributed by atoms with E-state index in [0.29, 0.717) is 12.2 Å². The number of ether oxygens (including phenoxy) is 3. The molecule has 4 atom stereocenters. The van der Waals surface area contributed by atoms with Crippen LogP contribution in [0.15, 0.2) is 0 Å². The third-order valence-corrected chi connectivity index (χ3v) is 2.19. The first kappa shape index (κ1) is 4.66. The quantitative estimate of drug-likeness (QED) is 0.427. The summed E-state index contributed by atoms with van der Waals surface area (Å²) in [6.07, 6.45) is 2.11. The zero-order valence-electron chi connectivity index (χ0n) is 4.95. The molecule has 50 valence electrons. The maximum Gasteiger partial charge on any atom is 0.160 e. The zero-order valence-corrected chi connectivity index (χ0v) is 4.95. The van der Waals surface area contributed by atoms with Crippen LogP contribution in [0.5, 0.6) is 0 Å². The summed E-state index contributed by atoms with van der Waals surface area (Å²) in [5.74, 6) is 0. The molecule has 4 unspecified atom stereocenters. The summed E-state index contributed by atoms with van der Waals surface area (Å²) in [5, 5.41) is 0. The molecule has 3 fully saturated rings. The lowest BCUT2D eigenvalue weighted by Gasteiger charge is -2.12. The van der Waals surface area contributed by atoms with E-state index in [9.17, 15) is 0 Å². The third-order valence-electron chi connectivity index (χ3n) is 2.19. The van der Waals surface area contributed by atoms with Gasteiger partial charge in [-0.25, -0.2) is 0 Å². The Kier molecular flexibility index (Phi) is 0.678. The van der Waals surface area contributed by atoms with Gasteiger partial charge in [-0.05, 0) is 0 Å². The molecule has 0 N–H and O–H groups in total. The van der Waals surface area contributed by atoms with E-state index in [1.807, 2.05) is 0 Å².